The molecule has 10 heteroatoms. The summed E-state index contributed by atoms with van der Waals surface area (Å²) < 4.78 is 22.4. The van der Waals surface area contributed by atoms with Crippen molar-refractivity contribution in [2.45, 2.75) is 13.3 Å². The van der Waals surface area contributed by atoms with Crippen LogP contribution in [0.4, 0.5) is 0 Å². The first-order valence-electron chi connectivity index (χ1n) is 11.7. The zero-order chi connectivity index (χ0) is 24.2. The number of H-pyrrole nitrogens is 1. The highest BCUT2D eigenvalue weighted by molar-refractivity contribution is 6.03. The van der Waals surface area contributed by atoms with Crippen LogP contribution < -0.4 is 14.2 Å². The van der Waals surface area contributed by atoms with Gasteiger partial charge in [0, 0.05) is 60.7 Å². The summed E-state index contributed by atoms with van der Waals surface area (Å²) in [6.45, 7) is 6.46. The van der Waals surface area contributed by atoms with E-state index < -0.39 is 0 Å². The van der Waals surface area contributed by atoms with Crippen LogP contribution in [-0.2, 0) is 9.53 Å². The zero-order valence-corrected chi connectivity index (χ0v) is 21.1. The standard InChI is InChI=1S/C26H28N4O5.ClH/c1-17(31)35-18-4-5-22-19(12-18)21(15-27-22)26-20-13-24(32-2)25(14-23(20)28-16-29-26)34-9-3-6-30-7-10-33-11-8-30;/h4-5,12-16,27H,3,6-11H2,1-2H3;1H. The molecule has 190 valence electrons. The van der Waals surface area contributed by atoms with Gasteiger partial charge in [-0.1, -0.05) is 0 Å². The third-order valence-corrected chi connectivity index (χ3v) is 6.07. The van der Waals surface area contributed by atoms with Gasteiger partial charge in [0.1, 0.15) is 12.1 Å². The largest absolute Gasteiger partial charge is 0.493 e. The highest BCUT2D eigenvalue weighted by Crippen LogP contribution is 2.38. The fraction of sp³-hybridized carbons (Fsp3) is 0.346. The number of ether oxygens (including phenoxy) is 4. The summed E-state index contributed by atoms with van der Waals surface area (Å²) in [4.78, 5) is 26.1. The van der Waals surface area contributed by atoms with E-state index in [-0.39, 0.29) is 18.4 Å². The summed E-state index contributed by atoms with van der Waals surface area (Å²) in [6.07, 6.45) is 4.35. The average molecular weight is 513 g/mol. The van der Waals surface area contributed by atoms with E-state index in [4.69, 9.17) is 18.9 Å². The number of nitrogens with zero attached hydrogens (tertiary/aromatic N) is 3. The lowest BCUT2D eigenvalue weighted by Gasteiger charge is -2.26. The maximum absolute atomic E-state index is 11.4. The van der Waals surface area contributed by atoms with Gasteiger partial charge in [0.05, 0.1) is 38.1 Å². The van der Waals surface area contributed by atoms with Gasteiger partial charge >= 0.3 is 5.97 Å². The molecule has 0 amide bonds. The van der Waals surface area contributed by atoms with Crippen LogP contribution in [0.1, 0.15) is 13.3 Å². The van der Waals surface area contributed by atoms with Crippen LogP contribution in [0.15, 0.2) is 42.9 Å². The summed E-state index contributed by atoms with van der Waals surface area (Å²) in [6, 6.07) is 9.28. The first-order valence-corrected chi connectivity index (χ1v) is 11.7. The second kappa shape index (κ2) is 11.6. The highest BCUT2D eigenvalue weighted by Gasteiger charge is 2.16. The van der Waals surface area contributed by atoms with Gasteiger partial charge in [-0.15, -0.1) is 12.4 Å². The molecule has 3 heterocycles. The molecule has 36 heavy (non-hydrogen) atoms. The fourth-order valence-corrected chi connectivity index (χ4v) is 4.37. The smallest absolute Gasteiger partial charge is 0.308 e. The molecule has 0 unspecified atom stereocenters. The Balaban J connectivity index is 0.00000304. The molecule has 4 aromatic rings. The Morgan fingerprint density at radius 2 is 1.94 bits per heavy atom. The van der Waals surface area contributed by atoms with Crippen molar-refractivity contribution >= 4 is 40.2 Å². The van der Waals surface area contributed by atoms with Gasteiger partial charge in [-0.25, -0.2) is 9.97 Å². The van der Waals surface area contributed by atoms with Crippen LogP contribution in [0.25, 0.3) is 33.1 Å². The number of aromatic nitrogens is 3. The molecule has 9 nitrogen and oxygen atoms in total. The number of carbonyl (C=O) groups is 1. The van der Waals surface area contributed by atoms with Crippen molar-refractivity contribution in [1.82, 2.24) is 19.9 Å². The second-order valence-electron chi connectivity index (χ2n) is 8.40. The predicted molar refractivity (Wildman–Crippen MR) is 139 cm³/mol. The van der Waals surface area contributed by atoms with Gasteiger partial charge in [0.15, 0.2) is 11.5 Å². The van der Waals surface area contributed by atoms with Crippen LogP contribution in [0.2, 0.25) is 0 Å². The van der Waals surface area contributed by atoms with E-state index in [1.807, 2.05) is 30.5 Å². The molecule has 2 aromatic carbocycles. The van der Waals surface area contributed by atoms with Crippen molar-refractivity contribution in [2.75, 3.05) is 46.6 Å². The predicted octanol–water partition coefficient (Wildman–Crippen LogP) is 4.23. The van der Waals surface area contributed by atoms with E-state index in [1.165, 1.54) is 6.92 Å². The Hall–Kier alpha value is -3.40. The number of benzene rings is 2. The maximum atomic E-state index is 11.4. The number of hydrogen-bond donors (Lipinski definition) is 1. The minimum absolute atomic E-state index is 0. The molecule has 0 radical (unpaired) electrons. The average Bonchev–Trinajstić information content (AvgIpc) is 3.29. The fourth-order valence-electron chi connectivity index (χ4n) is 4.37. The van der Waals surface area contributed by atoms with E-state index in [0.29, 0.717) is 23.9 Å². The topological polar surface area (TPSA) is 98.8 Å². The number of morpholine rings is 1. The van der Waals surface area contributed by atoms with E-state index in [9.17, 15) is 4.79 Å². The normalized spacial score (nSPS) is 13.9. The molecular formula is C26H29ClN4O5. The number of nitrogens with one attached hydrogen (secondary N) is 1. The van der Waals surface area contributed by atoms with Crippen LogP contribution in [0.5, 0.6) is 17.2 Å². The lowest BCUT2D eigenvalue weighted by molar-refractivity contribution is -0.131. The number of fused-ring (bicyclic) bond motifs is 2. The monoisotopic (exact) mass is 512 g/mol. The highest BCUT2D eigenvalue weighted by atomic mass is 35.5. The van der Waals surface area contributed by atoms with E-state index in [0.717, 1.165) is 72.3 Å². The number of halogens is 1. The maximum Gasteiger partial charge on any atom is 0.308 e. The molecule has 1 aliphatic rings. The summed E-state index contributed by atoms with van der Waals surface area (Å²) in [5.74, 6) is 1.40. The Bertz CT molecular complexity index is 1350. The van der Waals surface area contributed by atoms with Crippen molar-refractivity contribution in [3.63, 3.8) is 0 Å². The third kappa shape index (κ3) is 5.53. The van der Waals surface area contributed by atoms with Gasteiger partial charge < -0.3 is 23.9 Å². The van der Waals surface area contributed by atoms with Crippen LogP contribution in [0.3, 0.4) is 0 Å². The Kier molecular flexibility index (Phi) is 8.25. The molecule has 0 aliphatic carbocycles. The molecular weight excluding hydrogens is 484 g/mol. The Morgan fingerprint density at radius 1 is 1.11 bits per heavy atom. The number of rotatable bonds is 8. The molecule has 5 rings (SSSR count). The molecule has 1 saturated heterocycles. The quantitative estimate of drug-likeness (QED) is 0.213. The van der Waals surface area contributed by atoms with E-state index in [1.54, 1.807) is 19.5 Å². The van der Waals surface area contributed by atoms with E-state index in [2.05, 4.69) is 19.9 Å². The molecule has 1 aliphatic heterocycles. The lowest BCUT2D eigenvalue weighted by atomic mass is 10.0. The number of carbonyl (C=O) groups excluding carboxylic acids is 1. The summed E-state index contributed by atoms with van der Waals surface area (Å²) in [7, 11) is 1.63. The summed E-state index contributed by atoms with van der Waals surface area (Å²) >= 11 is 0. The molecule has 1 fully saturated rings. The Morgan fingerprint density at radius 3 is 2.72 bits per heavy atom. The van der Waals surface area contributed by atoms with Gasteiger partial charge in [-0.3, -0.25) is 9.69 Å². The van der Waals surface area contributed by atoms with Crippen molar-refractivity contribution in [1.29, 1.82) is 0 Å². The van der Waals surface area contributed by atoms with Gasteiger partial charge in [-0.2, -0.15) is 0 Å². The second-order valence-corrected chi connectivity index (χ2v) is 8.40. The minimum atomic E-state index is -0.365. The van der Waals surface area contributed by atoms with Gasteiger partial charge in [0.2, 0.25) is 0 Å². The minimum Gasteiger partial charge on any atom is -0.493 e. The number of methoxy groups -OCH3 is 1. The van der Waals surface area contributed by atoms with E-state index >= 15 is 0 Å². The third-order valence-electron chi connectivity index (χ3n) is 6.07. The number of aromatic amines is 1. The SMILES string of the molecule is COc1cc2c(-c3c[nH]c4ccc(OC(C)=O)cc34)ncnc2cc1OCCCN1CCOCC1.Cl. The molecule has 2 aromatic heterocycles. The zero-order valence-electron chi connectivity index (χ0n) is 20.3. The first kappa shape index (κ1) is 25.7. The molecule has 0 bridgehead atoms. The molecule has 0 saturated carbocycles. The van der Waals surface area contributed by atoms with Crippen LogP contribution >= 0.6 is 12.4 Å². The number of esters is 1. The van der Waals surface area contributed by atoms with Crippen LogP contribution in [-0.4, -0.2) is 72.4 Å². The van der Waals surface area contributed by atoms with Crippen molar-refractivity contribution in [3.05, 3.63) is 42.9 Å². The van der Waals surface area contributed by atoms with Crippen molar-refractivity contribution in [2.24, 2.45) is 0 Å². The number of hydrogen-bond acceptors (Lipinski definition) is 8. The van der Waals surface area contributed by atoms with Crippen LogP contribution in [0, 0.1) is 0 Å². The molecule has 0 spiro atoms. The van der Waals surface area contributed by atoms with Crippen molar-refractivity contribution < 1.29 is 23.7 Å². The van der Waals surface area contributed by atoms with Gasteiger partial charge in [0.25, 0.3) is 0 Å². The van der Waals surface area contributed by atoms with Gasteiger partial charge in [-0.05, 0) is 30.7 Å². The summed E-state index contributed by atoms with van der Waals surface area (Å²) in [5.41, 5.74) is 3.29. The van der Waals surface area contributed by atoms with Crippen molar-refractivity contribution in [3.8, 4) is 28.5 Å². The summed E-state index contributed by atoms with van der Waals surface area (Å²) in [5, 5.41) is 1.73. The lowest BCUT2D eigenvalue weighted by Crippen LogP contribution is -2.37. The molecule has 0 atom stereocenters. The Labute approximate surface area is 215 Å². The first-order chi connectivity index (χ1) is 17.1. The molecule has 1 N–H and O–H groups in total.